The summed E-state index contributed by atoms with van der Waals surface area (Å²) in [4.78, 5) is 5.74. The van der Waals surface area contributed by atoms with E-state index in [2.05, 4.69) is 16.2 Å². The van der Waals surface area contributed by atoms with Gasteiger partial charge in [0, 0.05) is 0 Å². The molecule has 0 saturated heterocycles. The molecule has 0 atom stereocenters. The predicted octanol–water partition coefficient (Wildman–Crippen LogP) is 3.60. The first-order valence-corrected chi connectivity index (χ1v) is 11.5. The number of rotatable bonds is 4. The summed E-state index contributed by atoms with van der Waals surface area (Å²) in [5.74, 6) is 0. The summed E-state index contributed by atoms with van der Waals surface area (Å²) < 4.78 is 42.4. The van der Waals surface area contributed by atoms with Crippen molar-refractivity contribution < 1.29 is 13.2 Å². The van der Waals surface area contributed by atoms with E-state index in [0.717, 1.165) is 21.0 Å². The third-order valence-corrected chi connectivity index (χ3v) is 7.50. The molecule has 2 aromatic carbocycles. The number of H-pyrrole nitrogens is 1. The first-order chi connectivity index (χ1) is 13.9. The van der Waals surface area contributed by atoms with Crippen molar-refractivity contribution in [3.05, 3.63) is 65.9 Å². The molecule has 0 fully saturated rings. The Morgan fingerprint density at radius 2 is 1.93 bits per heavy atom. The van der Waals surface area contributed by atoms with E-state index >= 15 is 0 Å². The van der Waals surface area contributed by atoms with Crippen molar-refractivity contribution in [2.24, 2.45) is 0 Å². The quantitative estimate of drug-likeness (QED) is 0.364. The van der Waals surface area contributed by atoms with Gasteiger partial charge in [-0.3, -0.25) is 0 Å². The van der Waals surface area contributed by atoms with Crippen LogP contribution in [0.5, 0.6) is 0 Å². The second kappa shape index (κ2) is 7.66. The predicted molar refractivity (Wildman–Crippen MR) is 108 cm³/mol. The molecule has 145 valence electrons. The number of hydrogen-bond acceptors (Lipinski definition) is 3. The van der Waals surface area contributed by atoms with E-state index in [-0.39, 0.29) is 0 Å². The van der Waals surface area contributed by atoms with Crippen LogP contribution >= 0.6 is 11.8 Å². The standard InChI is InChI=1S/C20H13AsF3N4S/c1-29-16-7-5-12(6-8-16)17-18(28-19(27-17)13(10-25)11-26-28)21-15-4-2-3-14(9-15)20(22,23)24/h2-9,11,26H,1H3. The number of benzene rings is 2. The molecule has 0 aliphatic carbocycles. The van der Waals surface area contributed by atoms with Gasteiger partial charge in [-0.05, 0) is 0 Å². The summed E-state index contributed by atoms with van der Waals surface area (Å²) in [6.45, 7) is 0. The van der Waals surface area contributed by atoms with Gasteiger partial charge in [0.05, 0.1) is 0 Å². The van der Waals surface area contributed by atoms with E-state index < -0.39 is 27.5 Å². The Hall–Kier alpha value is -2.62. The van der Waals surface area contributed by atoms with Gasteiger partial charge in [-0.15, -0.1) is 0 Å². The molecule has 0 unspecified atom stereocenters. The molecule has 0 bridgehead atoms. The molecule has 2 aromatic heterocycles. The number of nitriles is 1. The van der Waals surface area contributed by atoms with Crippen LogP contribution in [0.15, 0.2) is 59.6 Å². The molecule has 0 amide bonds. The normalized spacial score (nSPS) is 12.1. The van der Waals surface area contributed by atoms with E-state index in [0.29, 0.717) is 21.3 Å². The zero-order valence-electron chi connectivity index (χ0n) is 15.0. The van der Waals surface area contributed by atoms with Crippen LogP contribution in [0.2, 0.25) is 0 Å². The van der Waals surface area contributed by atoms with Crippen LogP contribution in [0.4, 0.5) is 13.2 Å². The average Bonchev–Trinajstić information content (AvgIpc) is 3.27. The molecule has 4 rings (SSSR count). The molecular weight excluding hydrogens is 460 g/mol. The third-order valence-electron chi connectivity index (χ3n) is 4.32. The molecule has 1 N–H and O–H groups in total. The van der Waals surface area contributed by atoms with E-state index in [1.54, 1.807) is 28.5 Å². The van der Waals surface area contributed by atoms with Crippen molar-refractivity contribution in [2.45, 2.75) is 11.1 Å². The molecule has 0 spiro atoms. The van der Waals surface area contributed by atoms with E-state index in [4.69, 9.17) is 0 Å². The first kappa shape index (κ1) is 19.7. The van der Waals surface area contributed by atoms with Crippen molar-refractivity contribution in [3.63, 3.8) is 0 Å². The van der Waals surface area contributed by atoms with Crippen molar-refractivity contribution >= 4 is 42.0 Å². The van der Waals surface area contributed by atoms with Crippen molar-refractivity contribution in [2.75, 3.05) is 6.26 Å². The van der Waals surface area contributed by atoms with E-state index in [1.165, 1.54) is 12.1 Å². The van der Waals surface area contributed by atoms with E-state index in [9.17, 15) is 18.4 Å². The fourth-order valence-corrected chi connectivity index (χ4v) is 5.72. The molecule has 1 radical (unpaired) electrons. The zero-order chi connectivity index (χ0) is 20.6. The Bertz CT molecular complexity index is 1220. The van der Waals surface area contributed by atoms with Gasteiger partial charge in [0.15, 0.2) is 0 Å². The number of alkyl halides is 3. The Labute approximate surface area is 175 Å². The molecule has 0 aliphatic rings. The summed E-state index contributed by atoms with van der Waals surface area (Å²) in [7, 11) is 0. The molecule has 4 nitrogen and oxygen atoms in total. The van der Waals surface area contributed by atoms with Crippen LogP contribution in [0, 0.1) is 11.3 Å². The number of imidazole rings is 1. The number of thioether (sulfide) groups is 1. The van der Waals surface area contributed by atoms with Gasteiger partial charge in [0.25, 0.3) is 0 Å². The summed E-state index contributed by atoms with van der Waals surface area (Å²) in [6.07, 6.45) is -0.849. The number of aromatic amines is 1. The van der Waals surface area contributed by atoms with Gasteiger partial charge in [0.1, 0.15) is 0 Å². The van der Waals surface area contributed by atoms with Crippen LogP contribution < -0.4 is 8.83 Å². The molecule has 0 aliphatic heterocycles. The van der Waals surface area contributed by atoms with Gasteiger partial charge >= 0.3 is 176 Å². The molecule has 4 aromatic rings. The fraction of sp³-hybridized carbons (Fsp3) is 0.100. The van der Waals surface area contributed by atoms with Gasteiger partial charge in [-0.2, -0.15) is 0 Å². The number of nitrogens with zero attached hydrogens (tertiary/aromatic N) is 3. The number of aromatic nitrogens is 3. The molecule has 2 heterocycles. The van der Waals surface area contributed by atoms with Gasteiger partial charge < -0.3 is 0 Å². The Morgan fingerprint density at radius 3 is 2.59 bits per heavy atom. The summed E-state index contributed by atoms with van der Waals surface area (Å²) in [5, 5.41) is 12.4. The van der Waals surface area contributed by atoms with Crippen LogP contribution in [0.3, 0.4) is 0 Å². The Kier molecular flexibility index (Phi) is 5.20. The number of nitrogens with one attached hydrogen (secondary N) is 1. The van der Waals surface area contributed by atoms with Gasteiger partial charge in [0.2, 0.25) is 0 Å². The van der Waals surface area contributed by atoms with Crippen LogP contribution in [-0.4, -0.2) is 36.6 Å². The third kappa shape index (κ3) is 3.80. The minimum atomic E-state index is -4.39. The van der Waals surface area contributed by atoms with E-state index in [1.807, 2.05) is 30.5 Å². The molecule has 29 heavy (non-hydrogen) atoms. The zero-order valence-corrected chi connectivity index (χ0v) is 17.7. The SMILES string of the molecule is CSc1ccc(-c2nc3c(C#N)c[nH]n3c2[As]c2cccc(C(F)(F)F)c2)cc1. The van der Waals surface area contributed by atoms with Crippen LogP contribution in [0.25, 0.3) is 16.9 Å². The fourth-order valence-electron chi connectivity index (χ4n) is 2.91. The van der Waals surface area contributed by atoms with Crippen LogP contribution in [0.1, 0.15) is 11.1 Å². The molecule has 9 heteroatoms. The summed E-state index contributed by atoms with van der Waals surface area (Å²) in [6, 6.07) is 15.3. The summed E-state index contributed by atoms with van der Waals surface area (Å²) in [5.41, 5.74) is 1.75. The van der Waals surface area contributed by atoms with Crippen molar-refractivity contribution in [1.82, 2.24) is 14.6 Å². The molecular formula is C20H13AsF3N4S. The average molecular weight is 473 g/mol. The summed E-state index contributed by atoms with van der Waals surface area (Å²) >= 11 is 0.805. The molecule has 0 saturated carbocycles. The van der Waals surface area contributed by atoms with Gasteiger partial charge in [-0.1, -0.05) is 0 Å². The van der Waals surface area contributed by atoms with Crippen LogP contribution in [-0.2, 0) is 6.18 Å². The Morgan fingerprint density at radius 1 is 1.17 bits per heavy atom. The first-order valence-electron chi connectivity index (χ1n) is 8.44. The number of hydrogen-bond donors (Lipinski definition) is 1. The second-order valence-corrected chi connectivity index (χ2v) is 9.45. The van der Waals surface area contributed by atoms with Crippen molar-refractivity contribution in [3.8, 4) is 17.3 Å². The second-order valence-electron chi connectivity index (χ2n) is 6.13. The van der Waals surface area contributed by atoms with Crippen molar-refractivity contribution in [1.29, 1.82) is 5.26 Å². The number of fused-ring (bicyclic) bond motifs is 1. The maximum absolute atomic E-state index is 13.1. The maximum atomic E-state index is 13.1. The topological polar surface area (TPSA) is 56.9 Å². The Balaban J connectivity index is 1.84. The van der Waals surface area contributed by atoms with Gasteiger partial charge in [-0.25, -0.2) is 0 Å². The monoisotopic (exact) mass is 473 g/mol. The minimum absolute atomic E-state index is 0.392. The number of halogens is 3.